The van der Waals surface area contributed by atoms with Crippen molar-refractivity contribution in [2.75, 3.05) is 7.05 Å². The minimum atomic E-state index is -4.48. The summed E-state index contributed by atoms with van der Waals surface area (Å²) < 4.78 is 40.1. The number of nitrogens with one attached hydrogen (secondary N) is 2. The van der Waals surface area contributed by atoms with E-state index in [-0.39, 0.29) is 42.1 Å². The van der Waals surface area contributed by atoms with E-state index in [1.807, 2.05) is 38.1 Å². The van der Waals surface area contributed by atoms with Crippen molar-refractivity contribution in [1.82, 2.24) is 20.4 Å². The van der Waals surface area contributed by atoms with E-state index in [0.717, 1.165) is 15.8 Å². The molecule has 144 valence electrons. The molecule has 0 aliphatic rings. The van der Waals surface area contributed by atoms with Gasteiger partial charge in [0, 0.05) is 32.4 Å². The van der Waals surface area contributed by atoms with Gasteiger partial charge in [0.05, 0.1) is 6.04 Å². The number of hydrogen-bond acceptors (Lipinski definition) is 2. The highest BCUT2D eigenvalue weighted by Gasteiger charge is 2.36. The number of aliphatic imine (C=N–C) groups is 1. The lowest BCUT2D eigenvalue weighted by Gasteiger charge is -2.20. The van der Waals surface area contributed by atoms with Crippen molar-refractivity contribution in [3.05, 3.63) is 52.8 Å². The van der Waals surface area contributed by atoms with Crippen LogP contribution in [0, 0.1) is 6.92 Å². The van der Waals surface area contributed by atoms with Gasteiger partial charge < -0.3 is 10.6 Å². The van der Waals surface area contributed by atoms with Crippen LogP contribution in [-0.2, 0) is 19.8 Å². The first kappa shape index (κ1) is 22.3. The molecule has 0 aliphatic carbocycles. The van der Waals surface area contributed by atoms with Crippen LogP contribution < -0.4 is 10.6 Å². The molecule has 5 nitrogen and oxygen atoms in total. The van der Waals surface area contributed by atoms with Crippen molar-refractivity contribution in [2.24, 2.45) is 12.0 Å². The molecule has 1 atom stereocenters. The molecule has 1 heterocycles. The van der Waals surface area contributed by atoms with E-state index < -0.39 is 11.9 Å². The predicted octanol–water partition coefficient (Wildman–Crippen LogP) is 3.79. The fraction of sp³-hybridized carbons (Fsp3) is 0.412. The Bertz CT molecular complexity index is 755. The van der Waals surface area contributed by atoms with Gasteiger partial charge in [-0.3, -0.25) is 9.67 Å². The van der Waals surface area contributed by atoms with E-state index in [1.54, 1.807) is 7.05 Å². The van der Waals surface area contributed by atoms with Crippen molar-refractivity contribution in [1.29, 1.82) is 0 Å². The van der Waals surface area contributed by atoms with Crippen molar-refractivity contribution < 1.29 is 13.2 Å². The Hall–Kier alpha value is -1.78. The summed E-state index contributed by atoms with van der Waals surface area (Å²) in [6.07, 6.45) is -3.13. The van der Waals surface area contributed by atoms with E-state index in [2.05, 4.69) is 20.7 Å². The zero-order valence-electron chi connectivity index (χ0n) is 15.1. The second-order valence-electron chi connectivity index (χ2n) is 5.82. The van der Waals surface area contributed by atoms with Crippen LogP contribution in [-0.4, -0.2) is 22.8 Å². The molecule has 0 bridgehead atoms. The number of rotatable bonds is 4. The Morgan fingerprint density at radius 1 is 1.31 bits per heavy atom. The number of alkyl halides is 3. The molecule has 0 saturated carbocycles. The smallest absolute Gasteiger partial charge is 0.352 e. The number of benzene rings is 1. The summed E-state index contributed by atoms with van der Waals surface area (Å²) in [5.41, 5.74) is 1.42. The Morgan fingerprint density at radius 3 is 2.54 bits per heavy atom. The second kappa shape index (κ2) is 9.24. The van der Waals surface area contributed by atoms with Gasteiger partial charge in [0.1, 0.15) is 0 Å². The Labute approximate surface area is 168 Å². The molecular weight excluding hydrogens is 458 g/mol. The number of nitrogens with zero attached hydrogens (tertiary/aromatic N) is 3. The third kappa shape index (κ3) is 5.61. The Kier molecular flexibility index (Phi) is 7.91. The summed E-state index contributed by atoms with van der Waals surface area (Å²) in [5.74, 6) is 0.424. The standard InChI is InChI=1S/C17H22F3N5.HI/c1-11-7-5-6-8-14(11)12(2)23-16(21-3)22-9-13-10-25(4)24-15(13)17(18,19)20;/h5-8,10,12H,9H2,1-4H3,(H2,21,22,23);1H. The molecule has 26 heavy (non-hydrogen) atoms. The molecule has 2 N–H and O–H groups in total. The highest BCUT2D eigenvalue weighted by molar-refractivity contribution is 14.0. The number of guanidine groups is 1. The van der Waals surface area contributed by atoms with Crippen LogP contribution in [0.25, 0.3) is 0 Å². The highest BCUT2D eigenvalue weighted by atomic mass is 127. The summed E-state index contributed by atoms with van der Waals surface area (Å²) >= 11 is 0. The fourth-order valence-electron chi connectivity index (χ4n) is 2.63. The average Bonchev–Trinajstić information content (AvgIpc) is 2.92. The SMILES string of the molecule is CN=C(NCc1cn(C)nc1C(F)(F)F)NC(C)c1ccccc1C.I. The van der Waals surface area contributed by atoms with Crippen LogP contribution in [0.3, 0.4) is 0 Å². The van der Waals surface area contributed by atoms with Crippen molar-refractivity contribution >= 4 is 29.9 Å². The third-order valence-electron chi connectivity index (χ3n) is 3.85. The first-order valence-electron chi connectivity index (χ1n) is 7.84. The van der Waals surface area contributed by atoms with Gasteiger partial charge in [-0.2, -0.15) is 18.3 Å². The molecule has 0 amide bonds. The van der Waals surface area contributed by atoms with Crippen LogP contribution in [0.4, 0.5) is 13.2 Å². The van der Waals surface area contributed by atoms with E-state index in [4.69, 9.17) is 0 Å². The zero-order chi connectivity index (χ0) is 18.6. The van der Waals surface area contributed by atoms with Crippen molar-refractivity contribution in [3.8, 4) is 0 Å². The van der Waals surface area contributed by atoms with Gasteiger partial charge in [-0.15, -0.1) is 24.0 Å². The molecule has 0 saturated heterocycles. The van der Waals surface area contributed by atoms with Crippen LogP contribution in [0.15, 0.2) is 35.5 Å². The summed E-state index contributed by atoms with van der Waals surface area (Å²) in [4.78, 5) is 4.08. The van der Waals surface area contributed by atoms with Crippen LogP contribution in [0.2, 0.25) is 0 Å². The van der Waals surface area contributed by atoms with Crippen LogP contribution >= 0.6 is 24.0 Å². The molecule has 0 fully saturated rings. The molecule has 0 aliphatic heterocycles. The van der Waals surface area contributed by atoms with Gasteiger partial charge in [-0.25, -0.2) is 0 Å². The van der Waals surface area contributed by atoms with E-state index >= 15 is 0 Å². The minimum absolute atomic E-state index is 0. The van der Waals surface area contributed by atoms with Crippen molar-refractivity contribution in [2.45, 2.75) is 32.6 Å². The molecular formula is C17H23F3IN5. The van der Waals surface area contributed by atoms with Crippen LogP contribution in [0.1, 0.15) is 35.3 Å². The summed E-state index contributed by atoms with van der Waals surface area (Å²) in [5, 5.41) is 9.60. The average molecular weight is 481 g/mol. The van der Waals surface area contributed by atoms with Gasteiger partial charge in [0.25, 0.3) is 0 Å². The number of hydrogen-bond donors (Lipinski definition) is 2. The lowest BCUT2D eigenvalue weighted by Crippen LogP contribution is -2.38. The van der Waals surface area contributed by atoms with E-state index in [9.17, 15) is 13.2 Å². The Balaban J connectivity index is 0.00000338. The monoisotopic (exact) mass is 481 g/mol. The second-order valence-corrected chi connectivity index (χ2v) is 5.82. The van der Waals surface area contributed by atoms with E-state index in [0.29, 0.717) is 5.96 Å². The molecule has 9 heteroatoms. The van der Waals surface area contributed by atoms with Gasteiger partial charge in [0.15, 0.2) is 11.7 Å². The summed E-state index contributed by atoms with van der Waals surface area (Å²) in [6, 6.07) is 7.88. The largest absolute Gasteiger partial charge is 0.435 e. The fourth-order valence-corrected chi connectivity index (χ4v) is 2.63. The molecule has 0 radical (unpaired) electrons. The van der Waals surface area contributed by atoms with Gasteiger partial charge >= 0.3 is 6.18 Å². The number of aryl methyl sites for hydroxylation is 2. The van der Waals surface area contributed by atoms with Gasteiger partial charge in [0.2, 0.25) is 0 Å². The highest BCUT2D eigenvalue weighted by Crippen LogP contribution is 2.30. The number of halogens is 4. The molecule has 2 aromatic rings. The predicted molar refractivity (Wildman–Crippen MR) is 107 cm³/mol. The zero-order valence-corrected chi connectivity index (χ0v) is 17.4. The third-order valence-corrected chi connectivity index (χ3v) is 3.85. The lowest BCUT2D eigenvalue weighted by molar-refractivity contribution is -0.142. The normalized spacial score (nSPS) is 13.1. The van der Waals surface area contributed by atoms with Gasteiger partial charge in [-0.05, 0) is 25.0 Å². The van der Waals surface area contributed by atoms with Crippen molar-refractivity contribution in [3.63, 3.8) is 0 Å². The molecule has 0 spiro atoms. The van der Waals surface area contributed by atoms with Gasteiger partial charge in [-0.1, -0.05) is 24.3 Å². The minimum Gasteiger partial charge on any atom is -0.352 e. The molecule has 2 rings (SSSR count). The van der Waals surface area contributed by atoms with E-state index in [1.165, 1.54) is 13.2 Å². The quantitative estimate of drug-likeness (QED) is 0.397. The maximum Gasteiger partial charge on any atom is 0.435 e. The summed E-state index contributed by atoms with van der Waals surface area (Å²) in [6.45, 7) is 3.96. The number of aromatic nitrogens is 2. The maximum atomic E-state index is 13.0. The lowest BCUT2D eigenvalue weighted by atomic mass is 10.0. The molecule has 1 aromatic carbocycles. The molecule has 1 unspecified atom stereocenters. The Morgan fingerprint density at radius 2 is 1.96 bits per heavy atom. The van der Waals surface area contributed by atoms with Crippen LogP contribution in [0.5, 0.6) is 0 Å². The first-order chi connectivity index (χ1) is 11.7. The maximum absolute atomic E-state index is 13.0. The topological polar surface area (TPSA) is 54.2 Å². The summed E-state index contributed by atoms with van der Waals surface area (Å²) in [7, 11) is 3.04. The first-order valence-corrected chi connectivity index (χ1v) is 7.84. The molecule has 1 aromatic heterocycles.